The maximum atomic E-state index is 12.1. The van der Waals surface area contributed by atoms with Crippen LogP contribution in [0.4, 0.5) is 0 Å². The van der Waals surface area contributed by atoms with E-state index in [0.717, 1.165) is 12.8 Å². The first-order valence-corrected chi connectivity index (χ1v) is 12.7. The van der Waals surface area contributed by atoms with Gasteiger partial charge in [0.25, 0.3) is 0 Å². The molecule has 176 valence electrons. The highest BCUT2D eigenvalue weighted by molar-refractivity contribution is 5.82. The second-order valence-electron chi connectivity index (χ2n) is 8.53. The van der Waals surface area contributed by atoms with Gasteiger partial charge in [0.05, 0.1) is 5.92 Å². The van der Waals surface area contributed by atoms with Crippen molar-refractivity contribution >= 4 is 11.9 Å². The summed E-state index contributed by atoms with van der Waals surface area (Å²) in [6.07, 6.45) is 22.9. The van der Waals surface area contributed by atoms with Gasteiger partial charge >= 0.3 is 5.97 Å². The summed E-state index contributed by atoms with van der Waals surface area (Å²) >= 11 is 0. The van der Waals surface area contributed by atoms with Gasteiger partial charge in [-0.2, -0.15) is 0 Å². The normalized spacial score (nSPS) is 12.4. The first kappa shape index (κ1) is 28.7. The highest BCUT2D eigenvalue weighted by atomic mass is 16.4. The van der Waals surface area contributed by atoms with Crippen molar-refractivity contribution in [3.8, 4) is 0 Å². The Morgan fingerprint density at radius 2 is 1.20 bits per heavy atom. The quantitative estimate of drug-likeness (QED) is 0.155. The maximum Gasteiger partial charge on any atom is 0.307 e. The van der Waals surface area contributed by atoms with Crippen molar-refractivity contribution in [1.29, 1.82) is 0 Å². The van der Waals surface area contributed by atoms with Crippen LogP contribution in [-0.4, -0.2) is 35.0 Å². The number of hydrogen-bond donors (Lipinski definition) is 1. The Balaban J connectivity index is 3.62. The summed E-state index contributed by atoms with van der Waals surface area (Å²) < 4.78 is 0. The first-order chi connectivity index (χ1) is 14.6. The summed E-state index contributed by atoms with van der Waals surface area (Å²) in [5.74, 6) is -1.39. The average molecular weight is 424 g/mol. The summed E-state index contributed by atoms with van der Waals surface area (Å²) in [4.78, 5) is 25.3. The van der Waals surface area contributed by atoms with Crippen molar-refractivity contribution in [1.82, 2.24) is 4.90 Å². The van der Waals surface area contributed by atoms with Crippen LogP contribution in [0.3, 0.4) is 0 Å². The third-order valence-electron chi connectivity index (χ3n) is 5.95. The Morgan fingerprint density at radius 1 is 0.733 bits per heavy atom. The summed E-state index contributed by atoms with van der Waals surface area (Å²) in [6.45, 7) is 7.42. The van der Waals surface area contributed by atoms with E-state index in [1.165, 1.54) is 77.0 Å². The second kappa shape index (κ2) is 20.9. The van der Waals surface area contributed by atoms with E-state index in [-0.39, 0.29) is 12.3 Å². The van der Waals surface area contributed by atoms with Crippen molar-refractivity contribution in [2.45, 2.75) is 124 Å². The van der Waals surface area contributed by atoms with Gasteiger partial charge in [0.15, 0.2) is 0 Å². The first-order valence-electron chi connectivity index (χ1n) is 12.7. The number of rotatable bonds is 21. The molecule has 1 N–H and O–H groups in total. The molecular weight excluding hydrogens is 374 g/mol. The molecular formula is C26H49NO3. The van der Waals surface area contributed by atoms with Gasteiger partial charge in [-0.25, -0.2) is 0 Å². The SMILES string of the molecule is CCCCCCC/C=C/CCCCCCCCCC(CC(=O)N(CC)CC)C(=O)O. The highest BCUT2D eigenvalue weighted by Crippen LogP contribution is 2.17. The zero-order valence-corrected chi connectivity index (χ0v) is 20.2. The zero-order valence-electron chi connectivity index (χ0n) is 20.2. The van der Waals surface area contributed by atoms with E-state index in [2.05, 4.69) is 19.1 Å². The fourth-order valence-corrected chi connectivity index (χ4v) is 3.87. The van der Waals surface area contributed by atoms with Gasteiger partial charge in [0, 0.05) is 19.5 Å². The Kier molecular flexibility index (Phi) is 20.0. The molecule has 0 aliphatic carbocycles. The number of carboxylic acid groups (broad SMARTS) is 1. The molecule has 0 aliphatic rings. The molecule has 0 saturated carbocycles. The van der Waals surface area contributed by atoms with E-state index in [1.807, 2.05) is 13.8 Å². The average Bonchev–Trinajstić information content (AvgIpc) is 2.73. The number of carbonyl (C=O) groups is 2. The molecule has 1 amide bonds. The molecule has 0 spiro atoms. The topological polar surface area (TPSA) is 57.6 Å². The van der Waals surface area contributed by atoms with E-state index in [4.69, 9.17) is 0 Å². The lowest BCUT2D eigenvalue weighted by molar-refractivity contribution is -0.146. The van der Waals surface area contributed by atoms with Gasteiger partial charge < -0.3 is 10.0 Å². The van der Waals surface area contributed by atoms with Crippen molar-refractivity contribution in [3.05, 3.63) is 12.2 Å². The number of hydrogen-bond acceptors (Lipinski definition) is 2. The molecule has 0 aromatic carbocycles. The molecule has 4 nitrogen and oxygen atoms in total. The lowest BCUT2D eigenvalue weighted by Gasteiger charge is -2.21. The third kappa shape index (κ3) is 16.5. The molecule has 0 aromatic heterocycles. The third-order valence-corrected chi connectivity index (χ3v) is 5.95. The van der Waals surface area contributed by atoms with Crippen LogP contribution in [0.25, 0.3) is 0 Å². The molecule has 0 bridgehead atoms. The molecule has 0 aromatic rings. The van der Waals surface area contributed by atoms with Crippen molar-refractivity contribution in [2.75, 3.05) is 13.1 Å². The van der Waals surface area contributed by atoms with Crippen LogP contribution in [0.15, 0.2) is 12.2 Å². The summed E-state index contributed by atoms with van der Waals surface area (Å²) in [7, 11) is 0. The van der Waals surface area contributed by atoms with Crippen LogP contribution < -0.4 is 0 Å². The lowest BCUT2D eigenvalue weighted by Crippen LogP contribution is -2.33. The van der Waals surface area contributed by atoms with E-state index >= 15 is 0 Å². The summed E-state index contributed by atoms with van der Waals surface area (Å²) in [5.41, 5.74) is 0. The summed E-state index contributed by atoms with van der Waals surface area (Å²) in [6, 6.07) is 0. The molecule has 0 fully saturated rings. The monoisotopic (exact) mass is 423 g/mol. The van der Waals surface area contributed by atoms with Crippen LogP contribution in [0.1, 0.15) is 124 Å². The van der Waals surface area contributed by atoms with Gasteiger partial charge in [-0.05, 0) is 46.0 Å². The molecule has 4 heteroatoms. The predicted molar refractivity (Wildman–Crippen MR) is 128 cm³/mol. The van der Waals surface area contributed by atoms with Gasteiger partial charge in [-0.15, -0.1) is 0 Å². The lowest BCUT2D eigenvalue weighted by atomic mass is 9.96. The number of carbonyl (C=O) groups excluding carboxylic acids is 1. The van der Waals surface area contributed by atoms with Gasteiger partial charge in [-0.1, -0.05) is 83.3 Å². The molecule has 1 unspecified atom stereocenters. The smallest absolute Gasteiger partial charge is 0.307 e. The van der Waals surface area contributed by atoms with Gasteiger partial charge in [-0.3, -0.25) is 9.59 Å². The van der Waals surface area contributed by atoms with Crippen molar-refractivity contribution in [3.63, 3.8) is 0 Å². The Hall–Kier alpha value is -1.32. The van der Waals surface area contributed by atoms with E-state index < -0.39 is 11.9 Å². The van der Waals surface area contributed by atoms with Crippen molar-refractivity contribution in [2.24, 2.45) is 5.92 Å². The minimum absolute atomic E-state index is 0.0297. The van der Waals surface area contributed by atoms with Crippen molar-refractivity contribution < 1.29 is 14.7 Å². The number of unbranched alkanes of at least 4 members (excludes halogenated alkanes) is 12. The number of carboxylic acids is 1. The van der Waals surface area contributed by atoms with Gasteiger partial charge in [0.2, 0.25) is 5.91 Å². The van der Waals surface area contributed by atoms with Crippen LogP contribution in [-0.2, 0) is 9.59 Å². The van der Waals surface area contributed by atoms with E-state index in [0.29, 0.717) is 19.5 Å². The van der Waals surface area contributed by atoms with Crippen LogP contribution >= 0.6 is 0 Å². The molecule has 1 atom stereocenters. The Morgan fingerprint density at radius 3 is 1.67 bits per heavy atom. The molecule has 30 heavy (non-hydrogen) atoms. The molecule has 0 heterocycles. The standard InChI is InChI=1S/C26H49NO3/c1-4-7-8-9-10-11-12-13-14-15-16-17-18-19-20-21-22-24(26(29)30)23-25(28)27(5-2)6-3/h12-13,24H,4-11,14-23H2,1-3H3,(H,29,30)/b13-12+. The minimum Gasteiger partial charge on any atom is -0.481 e. The van der Waals surface area contributed by atoms with Gasteiger partial charge in [0.1, 0.15) is 0 Å². The number of aliphatic carboxylic acids is 1. The Bertz CT molecular complexity index is 444. The summed E-state index contributed by atoms with van der Waals surface area (Å²) in [5, 5.41) is 9.40. The maximum absolute atomic E-state index is 12.1. The van der Waals surface area contributed by atoms with E-state index in [1.54, 1.807) is 4.90 Å². The fourth-order valence-electron chi connectivity index (χ4n) is 3.87. The largest absolute Gasteiger partial charge is 0.481 e. The minimum atomic E-state index is -0.829. The predicted octanol–water partition coefficient (Wildman–Crippen LogP) is 7.37. The number of nitrogens with zero attached hydrogens (tertiary/aromatic N) is 1. The van der Waals surface area contributed by atoms with E-state index in [9.17, 15) is 14.7 Å². The number of allylic oxidation sites excluding steroid dienone is 2. The molecule has 0 rings (SSSR count). The van der Waals surface area contributed by atoms with Crippen LogP contribution in [0, 0.1) is 5.92 Å². The van der Waals surface area contributed by atoms with Crippen LogP contribution in [0.2, 0.25) is 0 Å². The van der Waals surface area contributed by atoms with Crippen LogP contribution in [0.5, 0.6) is 0 Å². The fraction of sp³-hybridized carbons (Fsp3) is 0.846. The molecule has 0 radical (unpaired) electrons. The Labute approximate surface area is 186 Å². The highest BCUT2D eigenvalue weighted by Gasteiger charge is 2.22. The molecule has 0 aliphatic heterocycles. The second-order valence-corrected chi connectivity index (χ2v) is 8.53. The number of amides is 1. The zero-order chi connectivity index (χ0) is 22.5. The molecule has 0 saturated heterocycles.